The van der Waals surface area contributed by atoms with Crippen LogP contribution in [0.2, 0.25) is 0 Å². The minimum atomic E-state index is -0.219. The molecule has 0 radical (unpaired) electrons. The third kappa shape index (κ3) is 5.07. The van der Waals surface area contributed by atoms with Gasteiger partial charge in [-0.05, 0) is 60.5 Å². The molecule has 2 heterocycles. The van der Waals surface area contributed by atoms with E-state index in [1.165, 1.54) is 5.56 Å². The second-order valence-corrected chi connectivity index (χ2v) is 6.82. The van der Waals surface area contributed by atoms with Gasteiger partial charge in [-0.25, -0.2) is 4.98 Å². The molecule has 0 aliphatic heterocycles. The number of aromatic nitrogens is 2. The zero-order valence-electron chi connectivity index (χ0n) is 16.5. The summed E-state index contributed by atoms with van der Waals surface area (Å²) >= 11 is 0. The molecule has 0 bridgehead atoms. The Bertz CT molecular complexity index is 892. The molecule has 0 aliphatic carbocycles. The number of amides is 1. The van der Waals surface area contributed by atoms with E-state index in [9.17, 15) is 4.79 Å². The van der Waals surface area contributed by atoms with Crippen molar-refractivity contribution in [1.82, 2.24) is 9.97 Å². The first kappa shape index (κ1) is 19.4. The van der Waals surface area contributed by atoms with Crippen LogP contribution in [0, 0.1) is 0 Å². The highest BCUT2D eigenvalue weighted by Gasteiger charge is 2.09. The molecule has 0 fully saturated rings. The van der Waals surface area contributed by atoms with E-state index < -0.39 is 0 Å². The van der Waals surface area contributed by atoms with E-state index in [-0.39, 0.29) is 5.91 Å². The number of hydrogen-bond acceptors (Lipinski definition) is 5. The van der Waals surface area contributed by atoms with E-state index in [1.54, 1.807) is 24.7 Å². The fourth-order valence-electron chi connectivity index (χ4n) is 2.76. The van der Waals surface area contributed by atoms with Gasteiger partial charge in [0.2, 0.25) is 0 Å². The summed E-state index contributed by atoms with van der Waals surface area (Å²) in [6.07, 6.45) is 6.26. The van der Waals surface area contributed by atoms with Gasteiger partial charge in [-0.1, -0.05) is 0 Å². The molecule has 6 heteroatoms. The first-order valence-corrected chi connectivity index (χ1v) is 9.18. The third-order valence-electron chi connectivity index (χ3n) is 4.55. The van der Waals surface area contributed by atoms with Gasteiger partial charge in [0.15, 0.2) is 0 Å². The minimum absolute atomic E-state index is 0.219. The van der Waals surface area contributed by atoms with Gasteiger partial charge in [0, 0.05) is 51.5 Å². The molecule has 0 atom stereocenters. The fraction of sp³-hybridized carbons (Fsp3) is 0.227. The Kier molecular flexibility index (Phi) is 6.22. The van der Waals surface area contributed by atoms with Crippen molar-refractivity contribution in [3.05, 3.63) is 78.4 Å². The molecular formula is C22H25N5O. The molecule has 0 saturated heterocycles. The molecule has 6 nitrogen and oxygen atoms in total. The van der Waals surface area contributed by atoms with Gasteiger partial charge in [-0.15, -0.1) is 0 Å². The fourth-order valence-corrected chi connectivity index (χ4v) is 2.76. The number of likely N-dealkylation sites (N-methyl/N-ethyl adjacent to an activating group) is 1. The number of anilines is 3. The quantitative estimate of drug-likeness (QED) is 0.685. The van der Waals surface area contributed by atoms with Gasteiger partial charge in [-0.2, -0.15) is 0 Å². The number of rotatable bonds is 7. The second kappa shape index (κ2) is 8.99. The third-order valence-corrected chi connectivity index (χ3v) is 4.55. The van der Waals surface area contributed by atoms with Crippen molar-refractivity contribution in [2.24, 2.45) is 0 Å². The number of pyridine rings is 2. The monoisotopic (exact) mass is 375 g/mol. The number of carbonyl (C=O) groups is 1. The Morgan fingerprint density at radius 2 is 1.61 bits per heavy atom. The molecule has 0 spiro atoms. The van der Waals surface area contributed by atoms with Gasteiger partial charge >= 0.3 is 0 Å². The topological polar surface area (TPSA) is 61.4 Å². The van der Waals surface area contributed by atoms with Gasteiger partial charge < -0.3 is 15.1 Å². The zero-order valence-corrected chi connectivity index (χ0v) is 16.5. The molecule has 0 unspecified atom stereocenters. The maximum absolute atomic E-state index is 12.4. The highest BCUT2D eigenvalue weighted by atomic mass is 16.1. The Labute approximate surface area is 165 Å². The smallest absolute Gasteiger partial charge is 0.274 e. The van der Waals surface area contributed by atoms with Crippen molar-refractivity contribution >= 4 is 23.0 Å². The second-order valence-electron chi connectivity index (χ2n) is 6.82. The number of nitrogens with zero attached hydrogens (tertiary/aromatic N) is 4. The highest BCUT2D eigenvalue weighted by molar-refractivity contribution is 6.03. The highest BCUT2D eigenvalue weighted by Crippen LogP contribution is 2.17. The molecule has 144 valence electrons. The molecule has 3 rings (SSSR count). The van der Waals surface area contributed by atoms with Gasteiger partial charge in [0.05, 0.1) is 11.9 Å². The molecular weight excluding hydrogens is 350 g/mol. The Balaban J connectivity index is 1.57. The summed E-state index contributed by atoms with van der Waals surface area (Å²) in [6.45, 7) is 0.857. The van der Waals surface area contributed by atoms with Crippen molar-refractivity contribution in [1.29, 1.82) is 0 Å². The summed E-state index contributed by atoms with van der Waals surface area (Å²) in [4.78, 5) is 24.9. The zero-order chi connectivity index (χ0) is 19.9. The predicted molar refractivity (Wildman–Crippen MR) is 114 cm³/mol. The van der Waals surface area contributed by atoms with Crippen LogP contribution in [0.5, 0.6) is 0 Å². The Hall–Kier alpha value is -3.41. The predicted octanol–water partition coefficient (Wildman–Crippen LogP) is 3.47. The van der Waals surface area contributed by atoms with E-state index in [1.807, 2.05) is 68.5 Å². The molecule has 0 aliphatic rings. The van der Waals surface area contributed by atoms with Crippen LogP contribution in [0.25, 0.3) is 0 Å². The molecule has 1 amide bonds. The lowest BCUT2D eigenvalue weighted by molar-refractivity contribution is 0.102. The molecule has 1 N–H and O–H groups in total. The number of nitrogens with one attached hydrogen (secondary N) is 1. The normalized spacial score (nSPS) is 10.4. The lowest BCUT2D eigenvalue weighted by Crippen LogP contribution is -2.21. The number of benzene rings is 1. The van der Waals surface area contributed by atoms with Crippen LogP contribution in [0.1, 0.15) is 16.1 Å². The van der Waals surface area contributed by atoms with E-state index in [4.69, 9.17) is 0 Å². The number of carbonyl (C=O) groups excluding carboxylic acids is 1. The van der Waals surface area contributed by atoms with Crippen LogP contribution < -0.4 is 15.1 Å². The van der Waals surface area contributed by atoms with Crippen molar-refractivity contribution in [2.75, 3.05) is 42.8 Å². The van der Waals surface area contributed by atoms with Crippen molar-refractivity contribution in [3.8, 4) is 0 Å². The summed E-state index contributed by atoms with van der Waals surface area (Å²) in [5.74, 6) is -0.219. The average molecular weight is 375 g/mol. The number of hydrogen-bond donors (Lipinski definition) is 1. The van der Waals surface area contributed by atoms with Gasteiger partial charge in [0.1, 0.15) is 5.69 Å². The van der Waals surface area contributed by atoms with Crippen LogP contribution in [0.3, 0.4) is 0 Å². The van der Waals surface area contributed by atoms with Crippen LogP contribution in [-0.2, 0) is 6.42 Å². The minimum Gasteiger partial charge on any atom is -0.378 e. The Morgan fingerprint density at radius 1 is 0.929 bits per heavy atom. The maximum Gasteiger partial charge on any atom is 0.274 e. The lowest BCUT2D eigenvalue weighted by Gasteiger charge is -2.19. The molecule has 3 aromatic rings. The average Bonchev–Trinajstić information content (AvgIpc) is 2.73. The maximum atomic E-state index is 12.4. The van der Waals surface area contributed by atoms with Crippen molar-refractivity contribution < 1.29 is 4.79 Å². The summed E-state index contributed by atoms with van der Waals surface area (Å²) in [5.41, 5.74) is 4.43. The largest absolute Gasteiger partial charge is 0.378 e. The van der Waals surface area contributed by atoms with E-state index >= 15 is 0 Å². The summed E-state index contributed by atoms with van der Waals surface area (Å²) in [5, 5.41) is 2.88. The summed E-state index contributed by atoms with van der Waals surface area (Å²) in [6, 6.07) is 15.4. The lowest BCUT2D eigenvalue weighted by atomic mass is 10.2. The molecule has 0 saturated carbocycles. The molecule has 1 aromatic carbocycles. The van der Waals surface area contributed by atoms with E-state index in [0.29, 0.717) is 5.69 Å². The summed E-state index contributed by atoms with van der Waals surface area (Å²) < 4.78 is 0. The summed E-state index contributed by atoms with van der Waals surface area (Å²) in [7, 11) is 5.98. The Morgan fingerprint density at radius 3 is 2.21 bits per heavy atom. The van der Waals surface area contributed by atoms with Crippen LogP contribution >= 0.6 is 0 Å². The van der Waals surface area contributed by atoms with E-state index in [2.05, 4.69) is 20.2 Å². The van der Waals surface area contributed by atoms with Crippen molar-refractivity contribution in [2.45, 2.75) is 6.42 Å². The molecule has 28 heavy (non-hydrogen) atoms. The van der Waals surface area contributed by atoms with Crippen molar-refractivity contribution in [3.63, 3.8) is 0 Å². The first-order chi connectivity index (χ1) is 13.5. The van der Waals surface area contributed by atoms with Crippen LogP contribution in [-0.4, -0.2) is 43.6 Å². The standard InChI is InChI=1S/C22H25N5O/c1-26(2)19-6-4-18(5-7-19)25-22(28)21-9-8-20(16-24-21)27(3)15-12-17-10-13-23-14-11-17/h4-11,13-14,16H,12,15H2,1-3H3,(H,25,28). The first-order valence-electron chi connectivity index (χ1n) is 9.18. The molecule has 2 aromatic heterocycles. The van der Waals surface area contributed by atoms with E-state index in [0.717, 1.165) is 30.0 Å². The van der Waals surface area contributed by atoms with Gasteiger partial charge in [0.25, 0.3) is 5.91 Å². The SMILES string of the molecule is CN(C)c1ccc(NC(=O)c2ccc(N(C)CCc3ccncc3)cn2)cc1. The van der Waals surface area contributed by atoms with Crippen LogP contribution in [0.4, 0.5) is 17.1 Å². The van der Waals surface area contributed by atoms with Gasteiger partial charge in [-0.3, -0.25) is 9.78 Å². The van der Waals surface area contributed by atoms with Crippen LogP contribution in [0.15, 0.2) is 67.1 Å².